The van der Waals surface area contributed by atoms with Crippen LogP contribution in [0.2, 0.25) is 0 Å². The minimum absolute atomic E-state index is 0.113. The highest BCUT2D eigenvalue weighted by Crippen LogP contribution is 2.57. The summed E-state index contributed by atoms with van der Waals surface area (Å²) < 4.78 is 0. The number of rotatable bonds is 3. The predicted octanol–water partition coefficient (Wildman–Crippen LogP) is 2.37. The molecular formula is C15H23NO. The first-order valence-electron chi connectivity index (χ1n) is 7.51. The third-order valence-electron chi connectivity index (χ3n) is 6.01. The van der Waals surface area contributed by atoms with Crippen molar-refractivity contribution in [1.29, 1.82) is 0 Å². The van der Waals surface area contributed by atoms with Gasteiger partial charge in [-0.1, -0.05) is 0 Å². The van der Waals surface area contributed by atoms with Gasteiger partial charge in [0.05, 0.1) is 6.04 Å². The largest absolute Gasteiger partial charge is 0.321 e. The molecule has 2 heteroatoms. The van der Waals surface area contributed by atoms with E-state index in [-0.39, 0.29) is 6.04 Å². The maximum Gasteiger partial charge on any atom is 0.153 e. The summed E-state index contributed by atoms with van der Waals surface area (Å²) in [6.45, 7) is 0. The molecule has 0 saturated heterocycles. The molecule has 5 rings (SSSR count). The molecule has 5 saturated carbocycles. The fourth-order valence-electron chi connectivity index (χ4n) is 5.30. The van der Waals surface area contributed by atoms with Crippen LogP contribution in [0, 0.1) is 35.5 Å². The van der Waals surface area contributed by atoms with E-state index in [0.717, 1.165) is 11.8 Å². The van der Waals surface area contributed by atoms with Crippen LogP contribution in [0.15, 0.2) is 0 Å². The Morgan fingerprint density at radius 2 is 1.47 bits per heavy atom. The number of carbonyl (C=O) groups excluding carboxylic acids is 1. The molecule has 5 aliphatic rings. The van der Waals surface area contributed by atoms with E-state index in [1.165, 1.54) is 44.9 Å². The van der Waals surface area contributed by atoms with E-state index in [0.29, 0.717) is 29.5 Å². The van der Waals surface area contributed by atoms with E-state index in [1.54, 1.807) is 0 Å². The average Bonchev–Trinajstić information content (AvgIpc) is 3.10. The SMILES string of the molecule is NC(C(=O)C1C2CC3CC(C2)CC1C3)C1CC1. The summed E-state index contributed by atoms with van der Waals surface area (Å²) in [5.74, 6) is 4.68. The minimum atomic E-state index is -0.113. The number of nitrogens with two attached hydrogens (primary N) is 1. The van der Waals surface area contributed by atoms with Gasteiger partial charge in [-0.15, -0.1) is 0 Å². The Bertz CT molecular complexity index is 319. The first-order chi connectivity index (χ1) is 8.22. The molecule has 5 fully saturated rings. The lowest BCUT2D eigenvalue weighted by molar-refractivity contribution is -0.137. The zero-order valence-corrected chi connectivity index (χ0v) is 10.5. The van der Waals surface area contributed by atoms with Crippen LogP contribution in [0.3, 0.4) is 0 Å². The van der Waals surface area contributed by atoms with Gasteiger partial charge in [0, 0.05) is 5.92 Å². The van der Waals surface area contributed by atoms with Crippen LogP contribution in [-0.4, -0.2) is 11.8 Å². The molecule has 94 valence electrons. The second-order valence-electron chi connectivity index (χ2n) is 7.22. The van der Waals surface area contributed by atoms with E-state index >= 15 is 0 Å². The van der Waals surface area contributed by atoms with Crippen molar-refractivity contribution in [2.75, 3.05) is 0 Å². The number of ketones is 1. The fraction of sp³-hybridized carbons (Fsp3) is 0.933. The van der Waals surface area contributed by atoms with Crippen LogP contribution >= 0.6 is 0 Å². The molecule has 17 heavy (non-hydrogen) atoms. The summed E-state index contributed by atoms with van der Waals surface area (Å²) in [5, 5.41) is 0. The quantitative estimate of drug-likeness (QED) is 0.813. The summed E-state index contributed by atoms with van der Waals surface area (Å²) in [5.41, 5.74) is 6.15. The third kappa shape index (κ3) is 1.60. The summed E-state index contributed by atoms with van der Waals surface area (Å²) in [7, 11) is 0. The highest BCUT2D eigenvalue weighted by atomic mass is 16.1. The van der Waals surface area contributed by atoms with Gasteiger partial charge in [0.25, 0.3) is 0 Å². The molecule has 0 amide bonds. The van der Waals surface area contributed by atoms with Gasteiger partial charge >= 0.3 is 0 Å². The van der Waals surface area contributed by atoms with Gasteiger partial charge in [-0.2, -0.15) is 0 Å². The summed E-state index contributed by atoms with van der Waals surface area (Å²) in [4.78, 5) is 12.6. The molecule has 1 atom stereocenters. The zero-order chi connectivity index (χ0) is 11.6. The Balaban J connectivity index is 1.55. The number of carbonyl (C=O) groups is 1. The Morgan fingerprint density at radius 1 is 0.941 bits per heavy atom. The van der Waals surface area contributed by atoms with Crippen molar-refractivity contribution in [1.82, 2.24) is 0 Å². The lowest BCUT2D eigenvalue weighted by atomic mass is 9.50. The van der Waals surface area contributed by atoms with Crippen molar-refractivity contribution in [3.05, 3.63) is 0 Å². The fourth-order valence-corrected chi connectivity index (χ4v) is 5.30. The molecule has 0 aliphatic heterocycles. The Hall–Kier alpha value is -0.370. The molecule has 0 aromatic heterocycles. The Morgan fingerprint density at radius 3 is 1.94 bits per heavy atom. The van der Waals surface area contributed by atoms with Crippen LogP contribution in [0.5, 0.6) is 0 Å². The molecule has 0 radical (unpaired) electrons. The lowest BCUT2D eigenvalue weighted by Crippen LogP contribution is -2.52. The van der Waals surface area contributed by atoms with Gasteiger partial charge in [0.1, 0.15) is 0 Å². The predicted molar refractivity (Wildman–Crippen MR) is 66.2 cm³/mol. The highest BCUT2D eigenvalue weighted by Gasteiger charge is 2.52. The van der Waals surface area contributed by atoms with Crippen LogP contribution in [0.25, 0.3) is 0 Å². The van der Waals surface area contributed by atoms with Crippen LogP contribution in [0.1, 0.15) is 44.9 Å². The van der Waals surface area contributed by atoms with E-state index in [2.05, 4.69) is 0 Å². The standard InChI is InChI=1S/C15H23NO/c16-14(10-1-2-10)15(17)13-11-4-8-3-9(6-11)7-12(13)5-8/h8-14H,1-7,16H2. The van der Waals surface area contributed by atoms with Gasteiger partial charge in [-0.25, -0.2) is 0 Å². The maximum absolute atomic E-state index is 12.6. The smallest absolute Gasteiger partial charge is 0.153 e. The minimum Gasteiger partial charge on any atom is -0.321 e. The van der Waals surface area contributed by atoms with Gasteiger partial charge < -0.3 is 5.73 Å². The van der Waals surface area contributed by atoms with E-state index in [1.807, 2.05) is 0 Å². The van der Waals surface area contributed by atoms with E-state index in [4.69, 9.17) is 5.73 Å². The molecule has 0 heterocycles. The summed E-state index contributed by atoms with van der Waals surface area (Å²) >= 11 is 0. The van der Waals surface area contributed by atoms with Crippen molar-refractivity contribution in [3.63, 3.8) is 0 Å². The molecule has 0 aromatic rings. The molecular weight excluding hydrogens is 210 g/mol. The molecule has 0 aromatic carbocycles. The zero-order valence-electron chi connectivity index (χ0n) is 10.5. The van der Waals surface area contributed by atoms with Crippen LogP contribution in [0.4, 0.5) is 0 Å². The van der Waals surface area contributed by atoms with Crippen molar-refractivity contribution < 1.29 is 4.79 Å². The molecule has 2 nitrogen and oxygen atoms in total. The second-order valence-corrected chi connectivity index (χ2v) is 7.22. The van der Waals surface area contributed by atoms with Crippen LogP contribution < -0.4 is 5.73 Å². The van der Waals surface area contributed by atoms with Crippen LogP contribution in [-0.2, 0) is 4.79 Å². The molecule has 4 bridgehead atoms. The normalized spacial score (nSPS) is 49.4. The number of hydrogen-bond donors (Lipinski definition) is 1. The van der Waals surface area contributed by atoms with Gasteiger partial charge in [-0.3, -0.25) is 4.79 Å². The van der Waals surface area contributed by atoms with E-state index in [9.17, 15) is 4.79 Å². The lowest BCUT2D eigenvalue weighted by Gasteiger charge is -2.54. The average molecular weight is 233 g/mol. The summed E-state index contributed by atoms with van der Waals surface area (Å²) in [6.07, 6.45) is 9.19. The molecule has 5 aliphatic carbocycles. The number of Topliss-reactive ketones (excluding diaryl/α,β-unsaturated/α-hetero) is 1. The monoisotopic (exact) mass is 233 g/mol. The maximum atomic E-state index is 12.6. The van der Waals surface area contributed by atoms with E-state index < -0.39 is 0 Å². The first kappa shape index (κ1) is 10.5. The van der Waals surface area contributed by atoms with Gasteiger partial charge in [0.2, 0.25) is 0 Å². The molecule has 1 unspecified atom stereocenters. The Labute approximate surface area is 103 Å². The second kappa shape index (κ2) is 3.57. The Kier molecular flexibility index (Phi) is 2.21. The third-order valence-corrected chi connectivity index (χ3v) is 6.01. The summed E-state index contributed by atoms with van der Waals surface area (Å²) in [6, 6.07) is -0.113. The van der Waals surface area contributed by atoms with Crippen molar-refractivity contribution in [2.45, 2.75) is 51.0 Å². The molecule has 2 N–H and O–H groups in total. The van der Waals surface area contributed by atoms with Crippen molar-refractivity contribution >= 4 is 5.78 Å². The van der Waals surface area contributed by atoms with Crippen molar-refractivity contribution in [2.24, 2.45) is 41.2 Å². The molecule has 0 spiro atoms. The number of hydrogen-bond acceptors (Lipinski definition) is 2. The topological polar surface area (TPSA) is 43.1 Å². The first-order valence-corrected chi connectivity index (χ1v) is 7.51. The van der Waals surface area contributed by atoms with Gasteiger partial charge in [-0.05, 0) is 74.5 Å². The highest BCUT2D eigenvalue weighted by molar-refractivity contribution is 5.87. The van der Waals surface area contributed by atoms with Crippen molar-refractivity contribution in [3.8, 4) is 0 Å². The van der Waals surface area contributed by atoms with Gasteiger partial charge in [0.15, 0.2) is 5.78 Å².